The first-order valence-corrected chi connectivity index (χ1v) is 25.6. The quantitative estimate of drug-likeness (QED) is 0.237. The van der Waals surface area contributed by atoms with Gasteiger partial charge in [0.2, 0.25) is 27.7 Å². The number of para-hydroxylation sites is 1. The summed E-state index contributed by atoms with van der Waals surface area (Å²) < 4.78 is 60.7. The Morgan fingerprint density at radius 3 is 2.43 bits per heavy atom. The third-order valence-electron chi connectivity index (χ3n) is 15.4. The number of piperidine rings is 1. The maximum Gasteiger partial charge on any atom is 0.408 e. The number of benzene rings is 1. The lowest BCUT2D eigenvalue weighted by Gasteiger charge is -2.34. The van der Waals surface area contributed by atoms with Gasteiger partial charge < -0.3 is 34.6 Å². The fourth-order valence-electron chi connectivity index (χ4n) is 10.7. The second-order valence-electron chi connectivity index (χ2n) is 20.0. The number of rotatable bonds is 11. The highest BCUT2D eigenvalue weighted by molar-refractivity contribution is 7.91. The molecular weight excluding hydrogens is 856 g/mol. The lowest BCUT2D eigenvalue weighted by atomic mass is 9.83. The largest absolute Gasteiger partial charge is 0.489 e. The van der Waals surface area contributed by atoms with Crippen LogP contribution in [0.5, 0.6) is 11.6 Å². The Morgan fingerprint density at radius 2 is 1.72 bits per heavy atom. The van der Waals surface area contributed by atoms with Crippen LogP contribution in [0.15, 0.2) is 36.9 Å². The van der Waals surface area contributed by atoms with Gasteiger partial charge >= 0.3 is 6.09 Å². The molecule has 4 aliphatic carbocycles. The van der Waals surface area contributed by atoms with Gasteiger partial charge in [0, 0.05) is 37.4 Å². The molecule has 6 fully saturated rings. The minimum absolute atomic E-state index is 0.0183. The number of carbonyl (C=O) groups is 4. The molecule has 2 saturated heterocycles. The Bertz CT molecular complexity index is 2260. The van der Waals surface area contributed by atoms with E-state index in [0.717, 1.165) is 88.2 Å². The number of nitrogens with one attached hydrogen (secondary N) is 3. The number of aromatic nitrogens is 1. The number of alkyl halides is 1. The number of alkyl carbamates (subject to hydrolysis) is 1. The van der Waals surface area contributed by atoms with Crippen molar-refractivity contribution in [2.75, 3.05) is 32.9 Å². The molecule has 2 bridgehead atoms. The lowest BCUT2D eigenvalue weighted by Crippen LogP contribution is -2.59. The molecule has 7 atom stereocenters. The van der Waals surface area contributed by atoms with Gasteiger partial charge in [0.15, 0.2) is 0 Å². The normalized spacial score (nSPS) is 31.1. The first kappa shape index (κ1) is 45.6. The van der Waals surface area contributed by atoms with E-state index in [9.17, 15) is 27.2 Å². The molecule has 2 aromatic rings. The second-order valence-corrected chi connectivity index (χ2v) is 22.2. The molecule has 4 heterocycles. The average molecular weight is 921 g/mol. The highest BCUT2D eigenvalue weighted by Gasteiger charge is 2.63. The Labute approximate surface area is 381 Å². The zero-order valence-corrected chi connectivity index (χ0v) is 38.4. The molecule has 0 unspecified atom stereocenters. The number of amides is 4. The SMILES string of the molecule is C=C[C@@H]1C[C@]1(NC(=O)[C@@H]1C[C@@H]2CN1C(=O)[C@H](C1CCCCC1)NC(=O)O[C@@H]1C[C@H]1CCCCCc1c(nc3ccccc3c1OC1CCN(CCF)CC1)O2)C(=O)NS(=O)(=O)C1(C)CC1. The van der Waals surface area contributed by atoms with Crippen molar-refractivity contribution in [3.8, 4) is 11.6 Å². The van der Waals surface area contributed by atoms with Crippen LogP contribution in [-0.2, 0) is 35.6 Å². The Morgan fingerprint density at radius 1 is 1.00 bits per heavy atom. The number of nitrogens with zero attached hydrogens (tertiary/aromatic N) is 3. The van der Waals surface area contributed by atoms with Crippen LogP contribution in [0.4, 0.5) is 9.18 Å². The van der Waals surface area contributed by atoms with Crippen molar-refractivity contribution < 1.29 is 46.2 Å². The molecule has 0 spiro atoms. The number of pyridine rings is 1. The molecule has 4 amide bonds. The summed E-state index contributed by atoms with van der Waals surface area (Å²) in [6.45, 7) is 6.89. The van der Waals surface area contributed by atoms with Crippen molar-refractivity contribution in [1.29, 1.82) is 0 Å². The minimum Gasteiger partial charge on any atom is -0.489 e. The molecule has 1 aromatic carbocycles. The molecule has 4 saturated carbocycles. The van der Waals surface area contributed by atoms with E-state index in [2.05, 4.69) is 26.8 Å². The van der Waals surface area contributed by atoms with E-state index in [0.29, 0.717) is 55.8 Å². The minimum atomic E-state index is -4.02. The molecule has 354 valence electrons. The number of carbonyl (C=O) groups excluding carboxylic acids is 4. The maximum absolute atomic E-state index is 15.1. The van der Waals surface area contributed by atoms with Crippen LogP contribution >= 0.6 is 0 Å². The summed E-state index contributed by atoms with van der Waals surface area (Å²) >= 11 is 0. The highest BCUT2D eigenvalue weighted by Crippen LogP contribution is 2.48. The standard InChI is InChI=1S/C48H65FN6O9S/c1-3-32-28-48(32,45(58)53-65(60,61)47(2)20-21-47)52-42(56)38-27-34-29-55(38)44(57)40(30-12-6-4-7-13-30)51-46(59)64-39-26-31(39)14-8-5-9-16-36-41(62-33-18-23-54(24-19-33)25-22-49)35-15-10-11-17-37(35)50-43(36)63-34/h3,10-11,15,17,30-34,38-40H,1,4-9,12-14,16,18-29H2,2H3,(H,51,59)(H,52,56)(H,53,58)/t31-,32-,34-,38+,39-,40+,48-/m1/s1. The van der Waals surface area contributed by atoms with Gasteiger partial charge in [0.1, 0.15) is 48.4 Å². The molecular formula is C48H65FN6O9S. The summed E-state index contributed by atoms with van der Waals surface area (Å²) in [6, 6.07) is 5.66. The van der Waals surface area contributed by atoms with E-state index in [1.807, 2.05) is 24.3 Å². The number of hydrogen-bond donors (Lipinski definition) is 3. The van der Waals surface area contributed by atoms with Crippen LogP contribution in [-0.4, -0.2) is 121 Å². The number of halogens is 1. The molecule has 1 aromatic heterocycles. The van der Waals surface area contributed by atoms with Gasteiger partial charge in [-0.15, -0.1) is 6.58 Å². The van der Waals surface area contributed by atoms with Gasteiger partial charge in [-0.1, -0.05) is 50.3 Å². The number of hydrogen-bond acceptors (Lipinski definition) is 11. The van der Waals surface area contributed by atoms with Crippen LogP contribution < -0.4 is 24.8 Å². The summed E-state index contributed by atoms with van der Waals surface area (Å²) in [7, 11) is -4.02. The molecule has 7 aliphatic rings. The van der Waals surface area contributed by atoms with Crippen LogP contribution in [0, 0.1) is 17.8 Å². The Balaban J connectivity index is 1.06. The second kappa shape index (κ2) is 18.6. The van der Waals surface area contributed by atoms with Crippen LogP contribution in [0.1, 0.15) is 115 Å². The van der Waals surface area contributed by atoms with Crippen molar-refractivity contribution in [3.63, 3.8) is 0 Å². The molecule has 65 heavy (non-hydrogen) atoms. The molecule has 17 heteroatoms. The van der Waals surface area contributed by atoms with Gasteiger partial charge in [0.25, 0.3) is 5.91 Å². The van der Waals surface area contributed by atoms with Crippen LogP contribution in [0.25, 0.3) is 10.9 Å². The van der Waals surface area contributed by atoms with Crippen molar-refractivity contribution >= 4 is 44.7 Å². The lowest BCUT2D eigenvalue weighted by molar-refractivity contribution is -0.142. The van der Waals surface area contributed by atoms with Gasteiger partial charge in [-0.2, -0.15) is 0 Å². The summed E-state index contributed by atoms with van der Waals surface area (Å²) in [4.78, 5) is 66.1. The number of likely N-dealkylation sites (tertiary alicyclic amines) is 1. The van der Waals surface area contributed by atoms with E-state index in [1.165, 1.54) is 11.0 Å². The molecule has 9 rings (SSSR count). The first-order valence-electron chi connectivity index (χ1n) is 24.1. The summed E-state index contributed by atoms with van der Waals surface area (Å²) in [5, 5.41) is 6.71. The van der Waals surface area contributed by atoms with Crippen molar-refractivity contribution in [2.45, 2.75) is 157 Å². The highest BCUT2D eigenvalue weighted by atomic mass is 32.2. The first-order chi connectivity index (χ1) is 31.3. The fraction of sp³-hybridized carbons (Fsp3) is 0.688. The van der Waals surface area contributed by atoms with E-state index in [-0.39, 0.29) is 43.4 Å². The predicted molar refractivity (Wildman–Crippen MR) is 240 cm³/mol. The molecule has 3 aliphatic heterocycles. The monoisotopic (exact) mass is 920 g/mol. The summed E-state index contributed by atoms with van der Waals surface area (Å²) in [5.74, 6) is -1.33. The van der Waals surface area contributed by atoms with Gasteiger partial charge in [-0.05, 0) is 102 Å². The van der Waals surface area contributed by atoms with Crippen molar-refractivity contribution in [3.05, 3.63) is 42.5 Å². The molecule has 3 N–H and O–H groups in total. The zero-order valence-electron chi connectivity index (χ0n) is 37.6. The number of fused-ring (bicyclic) bond motifs is 5. The van der Waals surface area contributed by atoms with Crippen molar-refractivity contribution in [2.24, 2.45) is 17.8 Å². The van der Waals surface area contributed by atoms with Crippen LogP contribution in [0.2, 0.25) is 0 Å². The van der Waals surface area contributed by atoms with E-state index in [1.54, 1.807) is 6.92 Å². The van der Waals surface area contributed by atoms with Crippen molar-refractivity contribution in [1.82, 2.24) is 30.1 Å². The zero-order chi connectivity index (χ0) is 45.5. The van der Waals surface area contributed by atoms with Gasteiger partial charge in [-0.25, -0.2) is 22.6 Å². The topological polar surface area (TPSA) is 186 Å². The van der Waals surface area contributed by atoms with Gasteiger partial charge in [0.05, 0.1) is 22.4 Å². The molecule has 15 nitrogen and oxygen atoms in total. The van der Waals surface area contributed by atoms with Crippen LogP contribution in [0.3, 0.4) is 0 Å². The van der Waals surface area contributed by atoms with Gasteiger partial charge in [-0.3, -0.25) is 19.1 Å². The van der Waals surface area contributed by atoms with E-state index in [4.69, 9.17) is 19.2 Å². The number of sulfonamides is 1. The maximum atomic E-state index is 15.1. The van der Waals surface area contributed by atoms with E-state index >= 15 is 4.79 Å². The smallest absolute Gasteiger partial charge is 0.408 e. The third kappa shape index (κ3) is 9.68. The average Bonchev–Trinajstić information content (AvgIpc) is 4.26. The Hall–Kier alpha value is -4.51. The summed E-state index contributed by atoms with van der Waals surface area (Å²) in [6.07, 6.45) is 11.5. The Kier molecular flexibility index (Phi) is 13.1. The third-order valence-corrected chi connectivity index (χ3v) is 17.6. The fourth-order valence-corrected chi connectivity index (χ4v) is 12.0. The van der Waals surface area contributed by atoms with E-state index < -0.39 is 74.9 Å². The molecule has 0 radical (unpaired) electrons. The predicted octanol–water partition coefficient (Wildman–Crippen LogP) is 5.64. The summed E-state index contributed by atoms with van der Waals surface area (Å²) in [5.41, 5.74) is -0.0930. The number of ether oxygens (including phenoxy) is 3.